The summed E-state index contributed by atoms with van der Waals surface area (Å²) in [5.74, 6) is 1.72. The van der Waals surface area contributed by atoms with Gasteiger partial charge in [-0.3, -0.25) is 9.67 Å². The van der Waals surface area contributed by atoms with E-state index in [1.807, 2.05) is 12.1 Å². The molecule has 28 heavy (non-hydrogen) atoms. The summed E-state index contributed by atoms with van der Waals surface area (Å²) in [7, 11) is 0. The van der Waals surface area contributed by atoms with Gasteiger partial charge >= 0.3 is 0 Å². The molecule has 5 rings (SSSR count). The predicted octanol–water partition coefficient (Wildman–Crippen LogP) is 2.85. The maximum Gasteiger partial charge on any atom is 0.161 e. The van der Waals surface area contributed by atoms with Crippen LogP contribution in [0.2, 0.25) is 0 Å². The minimum absolute atomic E-state index is 0.268. The molecule has 1 saturated carbocycles. The number of anilines is 1. The van der Waals surface area contributed by atoms with Gasteiger partial charge in [-0.05, 0) is 44.9 Å². The summed E-state index contributed by atoms with van der Waals surface area (Å²) in [4.78, 5) is 13.7. The second-order valence-electron chi connectivity index (χ2n) is 8.10. The Bertz CT molecular complexity index is 1010. The van der Waals surface area contributed by atoms with Crippen molar-refractivity contribution in [3.63, 3.8) is 0 Å². The van der Waals surface area contributed by atoms with Gasteiger partial charge in [0.15, 0.2) is 5.82 Å². The van der Waals surface area contributed by atoms with Crippen LogP contribution < -0.4 is 10.6 Å². The molecule has 0 atom stereocenters. The van der Waals surface area contributed by atoms with Crippen molar-refractivity contribution in [2.24, 2.45) is 5.41 Å². The molecule has 0 bridgehead atoms. The van der Waals surface area contributed by atoms with Gasteiger partial charge in [-0.25, -0.2) is 9.97 Å². The van der Waals surface area contributed by atoms with E-state index in [1.165, 1.54) is 24.1 Å². The normalized spacial score (nSPS) is 16.8. The van der Waals surface area contributed by atoms with Crippen LogP contribution in [0.1, 0.15) is 35.5 Å². The van der Waals surface area contributed by atoms with Crippen molar-refractivity contribution < 1.29 is 0 Å². The third-order valence-electron chi connectivity index (χ3n) is 5.80. The van der Waals surface area contributed by atoms with Gasteiger partial charge in [0, 0.05) is 60.8 Å². The largest absolute Gasteiger partial charge is 0.369 e. The Morgan fingerprint density at radius 2 is 1.96 bits per heavy atom. The van der Waals surface area contributed by atoms with E-state index in [4.69, 9.17) is 9.97 Å². The molecule has 7 heteroatoms. The summed E-state index contributed by atoms with van der Waals surface area (Å²) in [5.41, 5.74) is 5.87. The lowest BCUT2D eigenvalue weighted by Gasteiger charge is -2.19. The predicted molar refractivity (Wildman–Crippen MR) is 108 cm³/mol. The molecule has 3 aromatic heterocycles. The smallest absolute Gasteiger partial charge is 0.161 e. The lowest BCUT2D eigenvalue weighted by molar-refractivity contribution is 0.409. The summed E-state index contributed by atoms with van der Waals surface area (Å²) >= 11 is 0. The zero-order valence-electron chi connectivity index (χ0n) is 16.4. The van der Waals surface area contributed by atoms with Crippen molar-refractivity contribution >= 4 is 5.82 Å². The zero-order valence-corrected chi connectivity index (χ0v) is 16.4. The number of rotatable bonds is 6. The number of fused-ring (bicyclic) bond motifs is 1. The van der Waals surface area contributed by atoms with E-state index in [2.05, 4.69) is 45.3 Å². The van der Waals surface area contributed by atoms with Crippen LogP contribution in [0, 0.1) is 19.3 Å². The van der Waals surface area contributed by atoms with Gasteiger partial charge in [0.1, 0.15) is 5.82 Å². The highest BCUT2D eigenvalue weighted by Gasteiger charge is 2.43. The molecule has 3 aromatic rings. The fraction of sp³-hybridized carbons (Fsp3) is 0.429. The van der Waals surface area contributed by atoms with E-state index < -0.39 is 0 Å². The number of aromatic nitrogens is 5. The topological polar surface area (TPSA) is 80.5 Å². The fourth-order valence-corrected chi connectivity index (χ4v) is 3.94. The van der Waals surface area contributed by atoms with Gasteiger partial charge in [0.25, 0.3) is 0 Å². The van der Waals surface area contributed by atoms with Crippen molar-refractivity contribution in [3.8, 4) is 11.4 Å². The molecule has 1 aliphatic carbocycles. The van der Waals surface area contributed by atoms with Crippen molar-refractivity contribution in [1.82, 2.24) is 30.0 Å². The third kappa shape index (κ3) is 3.26. The van der Waals surface area contributed by atoms with Crippen molar-refractivity contribution in [3.05, 3.63) is 53.2 Å². The maximum atomic E-state index is 4.86. The molecule has 1 fully saturated rings. The molecular weight excluding hydrogens is 350 g/mol. The van der Waals surface area contributed by atoms with Gasteiger partial charge in [0.2, 0.25) is 0 Å². The fourth-order valence-electron chi connectivity index (χ4n) is 3.94. The van der Waals surface area contributed by atoms with E-state index in [9.17, 15) is 0 Å². The average Bonchev–Trinajstić information content (AvgIpc) is 3.15. The average molecular weight is 375 g/mol. The van der Waals surface area contributed by atoms with Crippen LogP contribution in [-0.2, 0) is 19.6 Å². The van der Waals surface area contributed by atoms with E-state index in [0.717, 1.165) is 54.8 Å². The molecule has 0 saturated heterocycles. The number of hydrogen-bond acceptors (Lipinski definition) is 6. The van der Waals surface area contributed by atoms with E-state index in [0.29, 0.717) is 0 Å². The molecule has 0 amide bonds. The second kappa shape index (κ2) is 6.67. The van der Waals surface area contributed by atoms with Crippen LogP contribution in [0.3, 0.4) is 0 Å². The first-order valence-corrected chi connectivity index (χ1v) is 9.88. The quantitative estimate of drug-likeness (QED) is 0.690. The second-order valence-corrected chi connectivity index (χ2v) is 8.10. The van der Waals surface area contributed by atoms with Crippen molar-refractivity contribution in [1.29, 1.82) is 0 Å². The number of hydrogen-bond donors (Lipinski definition) is 2. The molecule has 0 aromatic carbocycles. The monoisotopic (exact) mass is 375 g/mol. The summed E-state index contributed by atoms with van der Waals surface area (Å²) < 4.78 is 2.15. The summed E-state index contributed by atoms with van der Waals surface area (Å²) in [6, 6.07) is 6.06. The molecule has 0 spiro atoms. The number of aryl methyl sites for hydroxylation is 2. The molecular formula is C21H25N7. The zero-order chi connectivity index (χ0) is 19.1. The van der Waals surface area contributed by atoms with Crippen LogP contribution >= 0.6 is 0 Å². The van der Waals surface area contributed by atoms with Crippen LogP contribution in [0.15, 0.2) is 30.6 Å². The highest BCUT2D eigenvalue weighted by molar-refractivity contribution is 5.60. The Morgan fingerprint density at radius 1 is 1.14 bits per heavy atom. The SMILES string of the molecule is Cc1cc(C)n(CC2(CNc3nc(-c4ccncc4)nc4c3CNC4)CC2)n1. The molecule has 2 N–H and O–H groups in total. The molecule has 2 aliphatic rings. The van der Waals surface area contributed by atoms with Gasteiger partial charge in [-0.15, -0.1) is 0 Å². The summed E-state index contributed by atoms with van der Waals surface area (Å²) in [5, 5.41) is 11.7. The van der Waals surface area contributed by atoms with Crippen LogP contribution in [-0.4, -0.2) is 31.3 Å². The van der Waals surface area contributed by atoms with Crippen LogP contribution in [0.4, 0.5) is 5.82 Å². The molecule has 4 heterocycles. The van der Waals surface area contributed by atoms with Crippen molar-refractivity contribution in [2.75, 3.05) is 11.9 Å². The van der Waals surface area contributed by atoms with Crippen molar-refractivity contribution in [2.45, 2.75) is 46.3 Å². The Kier molecular flexibility index (Phi) is 4.12. The molecule has 1 aliphatic heterocycles. The van der Waals surface area contributed by atoms with Crippen LogP contribution in [0.25, 0.3) is 11.4 Å². The third-order valence-corrected chi connectivity index (χ3v) is 5.80. The molecule has 0 unspecified atom stereocenters. The molecule has 0 radical (unpaired) electrons. The minimum Gasteiger partial charge on any atom is -0.369 e. The lowest BCUT2D eigenvalue weighted by Crippen LogP contribution is -2.23. The maximum absolute atomic E-state index is 4.86. The standard InChI is InChI=1S/C21H25N7/c1-14-9-15(2)28(27-14)13-21(5-6-21)12-24-20-17-10-23-11-18(17)25-19(26-20)16-3-7-22-8-4-16/h3-4,7-9,23H,5-6,10-13H2,1-2H3,(H,24,25,26). The first-order chi connectivity index (χ1) is 13.6. The highest BCUT2D eigenvalue weighted by atomic mass is 15.3. The van der Waals surface area contributed by atoms with Gasteiger partial charge in [0.05, 0.1) is 11.4 Å². The Morgan fingerprint density at radius 3 is 2.68 bits per heavy atom. The number of pyridine rings is 1. The Hall–Kier alpha value is -2.80. The summed E-state index contributed by atoms with van der Waals surface area (Å²) in [6.45, 7) is 7.67. The van der Waals surface area contributed by atoms with Crippen LogP contribution in [0.5, 0.6) is 0 Å². The first-order valence-electron chi connectivity index (χ1n) is 9.88. The van der Waals surface area contributed by atoms with E-state index in [1.54, 1.807) is 12.4 Å². The molecule has 144 valence electrons. The van der Waals surface area contributed by atoms with Gasteiger partial charge in [-0.1, -0.05) is 0 Å². The lowest BCUT2D eigenvalue weighted by atomic mass is 10.1. The molecule has 7 nitrogen and oxygen atoms in total. The van der Waals surface area contributed by atoms with Gasteiger partial charge in [-0.2, -0.15) is 5.10 Å². The highest BCUT2D eigenvalue weighted by Crippen LogP contribution is 2.47. The van der Waals surface area contributed by atoms with E-state index in [-0.39, 0.29) is 5.41 Å². The number of nitrogens with one attached hydrogen (secondary N) is 2. The minimum atomic E-state index is 0.268. The van der Waals surface area contributed by atoms with Gasteiger partial charge < -0.3 is 10.6 Å². The first kappa shape index (κ1) is 17.3. The number of nitrogens with zero attached hydrogens (tertiary/aromatic N) is 5. The Labute approximate surface area is 164 Å². The van der Waals surface area contributed by atoms with E-state index >= 15 is 0 Å². The summed E-state index contributed by atoms with van der Waals surface area (Å²) in [6.07, 6.45) is 6.01. The Balaban J connectivity index is 1.38.